The zero-order chi connectivity index (χ0) is 31.8. The predicted molar refractivity (Wildman–Crippen MR) is 169 cm³/mol. The summed E-state index contributed by atoms with van der Waals surface area (Å²) >= 11 is 0. The van der Waals surface area contributed by atoms with Crippen LogP contribution in [-0.4, -0.2) is 67.0 Å². The molecule has 0 saturated carbocycles. The lowest BCUT2D eigenvalue weighted by Crippen LogP contribution is -2.43. The molecule has 1 unspecified atom stereocenters. The first-order chi connectivity index (χ1) is 21.5. The molecule has 236 valence electrons. The van der Waals surface area contributed by atoms with Crippen molar-refractivity contribution in [3.8, 4) is 11.3 Å². The topological polar surface area (TPSA) is 104 Å². The summed E-state index contributed by atoms with van der Waals surface area (Å²) in [5.74, 6) is -1.13. The Bertz CT molecular complexity index is 1670. The molecule has 1 aliphatic heterocycles. The molecule has 1 amide bonds. The van der Waals surface area contributed by atoms with E-state index in [1.807, 2.05) is 39.0 Å². The quantitative estimate of drug-likeness (QED) is 0.259. The van der Waals surface area contributed by atoms with Gasteiger partial charge >= 0.3 is 0 Å². The van der Waals surface area contributed by atoms with Crippen LogP contribution in [0.15, 0.2) is 55.0 Å². The molecule has 8 nitrogen and oxygen atoms in total. The minimum Gasteiger partial charge on any atom is -0.390 e. The van der Waals surface area contributed by atoms with Gasteiger partial charge in [-0.15, -0.1) is 0 Å². The van der Waals surface area contributed by atoms with Crippen molar-refractivity contribution in [2.24, 2.45) is 5.92 Å². The predicted octanol–water partition coefficient (Wildman–Crippen LogP) is 5.79. The van der Waals surface area contributed by atoms with Crippen LogP contribution in [0.4, 0.5) is 8.78 Å². The number of alkyl halides is 1. The molecule has 2 N–H and O–H groups in total. The van der Waals surface area contributed by atoms with E-state index in [1.165, 1.54) is 6.07 Å². The highest BCUT2D eigenvalue weighted by atomic mass is 19.1. The first-order valence-electron chi connectivity index (χ1n) is 15.8. The van der Waals surface area contributed by atoms with E-state index in [2.05, 4.69) is 30.4 Å². The number of benzene rings is 1. The largest absolute Gasteiger partial charge is 0.390 e. The number of piperidine rings is 1. The molecule has 3 aromatic heterocycles. The molecule has 1 fully saturated rings. The van der Waals surface area contributed by atoms with E-state index >= 15 is 8.78 Å². The number of carbonyl (C=O) groups excluding carboxylic acids is 1. The van der Waals surface area contributed by atoms with E-state index in [4.69, 9.17) is 0 Å². The molecule has 4 aromatic rings. The summed E-state index contributed by atoms with van der Waals surface area (Å²) in [6.45, 7) is 7.87. The monoisotopic (exact) mass is 614 g/mol. The van der Waals surface area contributed by atoms with Gasteiger partial charge in [0.15, 0.2) is 0 Å². The van der Waals surface area contributed by atoms with Crippen molar-refractivity contribution in [1.29, 1.82) is 0 Å². The number of aryl methyl sites for hydroxylation is 1. The van der Waals surface area contributed by atoms with E-state index in [1.54, 1.807) is 30.7 Å². The van der Waals surface area contributed by atoms with Crippen LogP contribution < -0.4 is 5.32 Å². The maximum atomic E-state index is 15.5. The van der Waals surface area contributed by atoms with Gasteiger partial charge in [0.1, 0.15) is 17.0 Å². The van der Waals surface area contributed by atoms with E-state index in [0.29, 0.717) is 44.0 Å². The lowest BCUT2D eigenvalue weighted by atomic mass is 9.77. The van der Waals surface area contributed by atoms with Crippen molar-refractivity contribution in [3.05, 3.63) is 83.2 Å². The molecule has 1 aromatic carbocycles. The number of nitrogens with zero attached hydrogens (tertiary/aromatic N) is 5. The number of hydrogen-bond acceptors (Lipinski definition) is 7. The molecule has 2 atom stereocenters. The van der Waals surface area contributed by atoms with Crippen LogP contribution in [0.3, 0.4) is 0 Å². The first kappa shape index (κ1) is 31.1. The lowest BCUT2D eigenvalue weighted by Gasteiger charge is -2.36. The molecule has 2 aliphatic rings. The van der Waals surface area contributed by atoms with Gasteiger partial charge in [-0.3, -0.25) is 9.78 Å². The Kier molecular flexibility index (Phi) is 8.63. The molecule has 45 heavy (non-hydrogen) atoms. The third-order valence-electron chi connectivity index (χ3n) is 9.64. The number of aliphatic hydroxyl groups is 1. The summed E-state index contributed by atoms with van der Waals surface area (Å²) in [4.78, 5) is 25.2. The summed E-state index contributed by atoms with van der Waals surface area (Å²) < 4.78 is 31.0. The molecule has 10 heteroatoms. The van der Waals surface area contributed by atoms with Crippen molar-refractivity contribution in [2.45, 2.75) is 76.6 Å². The van der Waals surface area contributed by atoms with E-state index in [-0.39, 0.29) is 23.4 Å². The number of halogens is 2. The summed E-state index contributed by atoms with van der Waals surface area (Å²) in [5.41, 5.74) is 2.29. The lowest BCUT2D eigenvalue weighted by molar-refractivity contribution is -0.00592. The van der Waals surface area contributed by atoms with Crippen molar-refractivity contribution < 1.29 is 18.7 Å². The van der Waals surface area contributed by atoms with Crippen molar-refractivity contribution >= 4 is 16.8 Å². The smallest absolute Gasteiger partial charge is 0.251 e. The van der Waals surface area contributed by atoms with Gasteiger partial charge in [-0.25, -0.2) is 13.8 Å². The van der Waals surface area contributed by atoms with Crippen LogP contribution in [0.25, 0.3) is 22.2 Å². The number of likely N-dealkylation sites (tertiary alicyclic amines) is 1. The van der Waals surface area contributed by atoms with E-state index in [0.717, 1.165) is 41.2 Å². The number of carbonyl (C=O) groups is 1. The average Bonchev–Trinajstić information content (AvgIpc) is 3.03. The number of rotatable bonds is 8. The number of aromatic nitrogens is 4. The minimum atomic E-state index is -1.33. The number of fused-ring (bicyclic) bond motifs is 2. The maximum absolute atomic E-state index is 15.5. The second-order valence-electron chi connectivity index (χ2n) is 13.3. The van der Waals surface area contributed by atoms with Crippen molar-refractivity contribution in [2.75, 3.05) is 19.6 Å². The molecular formula is C35H40F2N6O2. The molecule has 0 bridgehead atoms. The molecule has 6 rings (SSSR count). The zero-order valence-electron chi connectivity index (χ0n) is 26.1. The summed E-state index contributed by atoms with van der Waals surface area (Å²) in [6.07, 6.45) is 8.03. The van der Waals surface area contributed by atoms with Crippen LogP contribution in [-0.2, 0) is 12.8 Å². The fourth-order valence-electron chi connectivity index (χ4n) is 6.41. The molecule has 0 radical (unpaired) electrons. The van der Waals surface area contributed by atoms with Gasteiger partial charge in [0.25, 0.3) is 5.91 Å². The van der Waals surface area contributed by atoms with Gasteiger partial charge < -0.3 is 15.3 Å². The zero-order valence-corrected chi connectivity index (χ0v) is 26.1. The Balaban J connectivity index is 1.25. The number of amides is 1. The standard InChI is InChI=1S/C35H40F2N6O2/c1-22(2)35(37)9-6-30-27(19-35)17-25-16-26(18-28(36)32(25)41-30)33(44)42-31(8-13-43-14-10-34(3,45)11-15-43)23-4-5-29(38-20-23)24-7-12-39-40-21-24/h4-5,7,12,16-18,20-22,31,45H,6,8-11,13-15,19H2,1-3H3,(H,42,44)/t31-,35?/m0/s1. The van der Waals surface area contributed by atoms with Gasteiger partial charge in [-0.2, -0.15) is 10.2 Å². The minimum absolute atomic E-state index is 0.143. The molecule has 1 saturated heterocycles. The average molecular weight is 615 g/mol. The van der Waals surface area contributed by atoms with Gasteiger partial charge in [0.05, 0.1) is 29.7 Å². The first-order valence-corrected chi connectivity index (χ1v) is 15.8. The normalized spacial score (nSPS) is 20.6. The number of pyridine rings is 2. The Labute approximate surface area is 262 Å². The Morgan fingerprint density at radius 2 is 1.89 bits per heavy atom. The van der Waals surface area contributed by atoms with Crippen LogP contribution in [0.5, 0.6) is 0 Å². The van der Waals surface area contributed by atoms with E-state index < -0.39 is 29.0 Å². The highest BCUT2D eigenvalue weighted by Crippen LogP contribution is 2.38. The fraction of sp³-hybridized carbons (Fsp3) is 0.457. The van der Waals surface area contributed by atoms with Gasteiger partial charge in [-0.05, 0) is 86.4 Å². The van der Waals surface area contributed by atoms with E-state index in [9.17, 15) is 9.90 Å². The maximum Gasteiger partial charge on any atom is 0.251 e. The Hall–Kier alpha value is -3.89. The van der Waals surface area contributed by atoms with Crippen LogP contribution >= 0.6 is 0 Å². The van der Waals surface area contributed by atoms with Crippen LogP contribution in [0.2, 0.25) is 0 Å². The second-order valence-corrected chi connectivity index (χ2v) is 13.3. The molecular weight excluding hydrogens is 574 g/mol. The fourth-order valence-corrected chi connectivity index (χ4v) is 6.41. The van der Waals surface area contributed by atoms with Crippen molar-refractivity contribution in [3.63, 3.8) is 0 Å². The highest BCUT2D eigenvalue weighted by Gasteiger charge is 2.38. The summed E-state index contributed by atoms with van der Waals surface area (Å²) in [7, 11) is 0. The molecule has 4 heterocycles. The summed E-state index contributed by atoms with van der Waals surface area (Å²) in [5, 5.41) is 21.7. The van der Waals surface area contributed by atoms with Crippen LogP contribution in [0.1, 0.15) is 79.7 Å². The van der Waals surface area contributed by atoms with Gasteiger partial charge in [0.2, 0.25) is 0 Å². The highest BCUT2D eigenvalue weighted by molar-refractivity contribution is 5.98. The molecule has 0 spiro atoms. The number of hydrogen-bond donors (Lipinski definition) is 2. The van der Waals surface area contributed by atoms with Gasteiger partial charge in [-0.1, -0.05) is 19.9 Å². The summed E-state index contributed by atoms with van der Waals surface area (Å²) in [6, 6.07) is 9.93. The molecule has 1 aliphatic carbocycles. The second kappa shape index (κ2) is 12.5. The Morgan fingerprint density at radius 1 is 1.09 bits per heavy atom. The SMILES string of the molecule is CC(C)C1(F)CCc2nc3c(F)cc(C(=O)N[C@@H](CCN4CCC(C)(O)CC4)c4ccc(-c5ccnnc5)nc4)cc3cc2C1. The number of nitrogens with one attached hydrogen (secondary N) is 1. The third kappa shape index (κ3) is 6.87. The van der Waals surface area contributed by atoms with Gasteiger partial charge in [0, 0.05) is 54.5 Å². The third-order valence-corrected chi connectivity index (χ3v) is 9.64. The Morgan fingerprint density at radius 3 is 2.58 bits per heavy atom. The van der Waals surface area contributed by atoms with Crippen molar-refractivity contribution in [1.82, 2.24) is 30.4 Å². The van der Waals surface area contributed by atoms with Crippen LogP contribution in [0, 0.1) is 11.7 Å².